The van der Waals surface area contributed by atoms with Gasteiger partial charge in [0, 0.05) is 26.7 Å². The maximum absolute atomic E-state index is 12.6. The smallest absolute Gasteiger partial charge is 0.329 e. The first-order chi connectivity index (χ1) is 9.32. The van der Waals surface area contributed by atoms with Crippen LogP contribution in [0.5, 0.6) is 0 Å². The number of carboxylic acid groups (broad SMARTS) is 1. The van der Waals surface area contributed by atoms with E-state index in [2.05, 4.69) is 0 Å². The molecule has 1 N–H and O–H groups in total. The topological polar surface area (TPSA) is 70.1 Å². The van der Waals surface area contributed by atoms with Crippen molar-refractivity contribution in [3.05, 3.63) is 0 Å². The van der Waals surface area contributed by atoms with E-state index in [4.69, 9.17) is 4.74 Å². The van der Waals surface area contributed by atoms with Crippen molar-refractivity contribution < 1.29 is 19.4 Å². The average Bonchev–Trinajstić information content (AvgIpc) is 2.76. The number of hydrogen-bond donors (Lipinski definition) is 1. The molecule has 20 heavy (non-hydrogen) atoms. The van der Waals surface area contributed by atoms with Crippen LogP contribution in [0, 0.1) is 5.92 Å². The third kappa shape index (κ3) is 3.62. The Hall–Kier alpha value is -1.30. The Balaban J connectivity index is 2.84. The van der Waals surface area contributed by atoms with E-state index in [1.54, 1.807) is 18.9 Å². The zero-order valence-corrected chi connectivity index (χ0v) is 12.9. The summed E-state index contributed by atoms with van der Waals surface area (Å²) in [5.74, 6) is -0.603. The van der Waals surface area contributed by atoms with Crippen molar-refractivity contribution in [3.8, 4) is 0 Å². The van der Waals surface area contributed by atoms with Gasteiger partial charge in [0.05, 0.1) is 6.61 Å². The average molecular weight is 286 g/mol. The van der Waals surface area contributed by atoms with Crippen molar-refractivity contribution in [1.29, 1.82) is 0 Å². The quantitative estimate of drug-likeness (QED) is 0.806. The van der Waals surface area contributed by atoms with Crippen LogP contribution < -0.4 is 0 Å². The number of carbonyl (C=O) groups excluding carboxylic acids is 1. The molecule has 1 aliphatic rings. The lowest BCUT2D eigenvalue weighted by Gasteiger charge is -2.36. The van der Waals surface area contributed by atoms with Gasteiger partial charge in [-0.05, 0) is 25.7 Å². The van der Waals surface area contributed by atoms with Gasteiger partial charge < -0.3 is 19.6 Å². The van der Waals surface area contributed by atoms with Crippen LogP contribution in [-0.2, 0) is 9.53 Å². The molecule has 0 bridgehead atoms. The van der Waals surface area contributed by atoms with E-state index in [-0.39, 0.29) is 6.03 Å². The summed E-state index contributed by atoms with van der Waals surface area (Å²) in [6.07, 6.45) is 1.24. The monoisotopic (exact) mass is 286 g/mol. The normalized spacial score (nSPS) is 22.4. The molecule has 1 aliphatic heterocycles. The third-order valence-corrected chi connectivity index (χ3v) is 3.75. The predicted molar refractivity (Wildman–Crippen MR) is 75.7 cm³/mol. The Morgan fingerprint density at radius 2 is 2.10 bits per heavy atom. The molecular formula is C14H26N2O4. The standard InChI is InChI=1S/C14H26N2O4/c1-11(2)10-15(8-9-20-4)13(19)16-7-5-6-14(16,3)12(17)18/h11H,5-10H2,1-4H3,(H,17,18). The summed E-state index contributed by atoms with van der Waals surface area (Å²) in [4.78, 5) is 27.3. The molecule has 0 spiro atoms. The van der Waals surface area contributed by atoms with Crippen LogP contribution in [0.1, 0.15) is 33.6 Å². The summed E-state index contributed by atoms with van der Waals surface area (Å²) in [6, 6.07) is -0.196. The SMILES string of the molecule is COCCN(CC(C)C)C(=O)N1CCCC1(C)C(=O)O. The highest BCUT2D eigenvalue weighted by Crippen LogP contribution is 2.30. The molecule has 0 aromatic heterocycles. The lowest BCUT2D eigenvalue weighted by Crippen LogP contribution is -2.56. The Labute approximate surface area is 120 Å². The van der Waals surface area contributed by atoms with Gasteiger partial charge in [-0.3, -0.25) is 0 Å². The van der Waals surface area contributed by atoms with Crippen LogP contribution in [0.15, 0.2) is 0 Å². The highest BCUT2D eigenvalue weighted by Gasteiger charge is 2.47. The fourth-order valence-corrected chi connectivity index (χ4v) is 2.57. The molecule has 1 heterocycles. The largest absolute Gasteiger partial charge is 0.480 e. The van der Waals surface area contributed by atoms with Crippen molar-refractivity contribution in [1.82, 2.24) is 9.80 Å². The molecule has 2 amide bonds. The van der Waals surface area contributed by atoms with Crippen molar-refractivity contribution in [2.45, 2.75) is 39.2 Å². The summed E-state index contributed by atoms with van der Waals surface area (Å²) >= 11 is 0. The second-order valence-electron chi connectivity index (χ2n) is 5.95. The molecule has 116 valence electrons. The minimum atomic E-state index is -1.08. The van der Waals surface area contributed by atoms with E-state index in [9.17, 15) is 14.7 Å². The lowest BCUT2D eigenvalue weighted by atomic mass is 9.99. The van der Waals surface area contributed by atoms with Crippen LogP contribution >= 0.6 is 0 Å². The van der Waals surface area contributed by atoms with E-state index in [0.717, 1.165) is 6.42 Å². The molecule has 1 atom stereocenters. The Bertz CT molecular complexity index is 359. The first kappa shape index (κ1) is 16.8. The van der Waals surface area contributed by atoms with Crippen LogP contribution in [0.2, 0.25) is 0 Å². The van der Waals surface area contributed by atoms with Crippen LogP contribution in [-0.4, -0.2) is 65.8 Å². The fourth-order valence-electron chi connectivity index (χ4n) is 2.57. The maximum Gasteiger partial charge on any atom is 0.329 e. The number of methoxy groups -OCH3 is 1. The van der Waals surface area contributed by atoms with Crippen molar-refractivity contribution in [2.24, 2.45) is 5.92 Å². The van der Waals surface area contributed by atoms with Gasteiger partial charge in [-0.25, -0.2) is 9.59 Å². The van der Waals surface area contributed by atoms with Crippen LogP contribution in [0.25, 0.3) is 0 Å². The second-order valence-corrected chi connectivity index (χ2v) is 5.95. The number of ether oxygens (including phenoxy) is 1. The minimum absolute atomic E-state index is 0.196. The van der Waals surface area contributed by atoms with E-state index < -0.39 is 11.5 Å². The van der Waals surface area contributed by atoms with Crippen molar-refractivity contribution in [2.75, 3.05) is 33.4 Å². The second kappa shape index (κ2) is 6.92. The van der Waals surface area contributed by atoms with Gasteiger partial charge in [-0.1, -0.05) is 13.8 Å². The molecule has 6 heteroatoms. The van der Waals surface area contributed by atoms with Gasteiger partial charge in [0.1, 0.15) is 5.54 Å². The molecule has 0 aromatic rings. The summed E-state index contributed by atoms with van der Waals surface area (Å²) in [6.45, 7) is 7.75. The number of rotatable bonds is 6. The number of amides is 2. The summed E-state index contributed by atoms with van der Waals surface area (Å²) in [7, 11) is 1.59. The highest BCUT2D eigenvalue weighted by atomic mass is 16.5. The summed E-state index contributed by atoms with van der Waals surface area (Å²) < 4.78 is 5.04. The van der Waals surface area contributed by atoms with Crippen LogP contribution in [0.3, 0.4) is 0 Å². The van der Waals surface area contributed by atoms with Gasteiger partial charge >= 0.3 is 12.0 Å². The number of urea groups is 1. The summed E-state index contributed by atoms with van der Waals surface area (Å²) in [5, 5.41) is 9.39. The van der Waals surface area contributed by atoms with Crippen LogP contribution in [0.4, 0.5) is 4.79 Å². The minimum Gasteiger partial charge on any atom is -0.480 e. The Kier molecular flexibility index (Phi) is 5.80. The van der Waals surface area contributed by atoms with Crippen molar-refractivity contribution in [3.63, 3.8) is 0 Å². The fraction of sp³-hybridized carbons (Fsp3) is 0.857. The summed E-state index contributed by atoms with van der Waals surface area (Å²) in [5.41, 5.74) is -1.08. The predicted octanol–water partition coefficient (Wildman–Crippen LogP) is 1.65. The molecular weight excluding hydrogens is 260 g/mol. The molecule has 1 rings (SSSR count). The molecule has 0 saturated carbocycles. The maximum atomic E-state index is 12.6. The van der Waals surface area contributed by atoms with Crippen molar-refractivity contribution >= 4 is 12.0 Å². The van der Waals surface area contributed by atoms with E-state index in [1.807, 2.05) is 13.8 Å². The number of nitrogens with zero attached hydrogens (tertiary/aromatic N) is 2. The highest BCUT2D eigenvalue weighted by molar-refractivity contribution is 5.86. The van der Waals surface area contributed by atoms with E-state index in [0.29, 0.717) is 38.6 Å². The molecule has 0 aromatic carbocycles. The zero-order chi connectivity index (χ0) is 15.3. The molecule has 0 aliphatic carbocycles. The third-order valence-electron chi connectivity index (χ3n) is 3.75. The van der Waals surface area contributed by atoms with Gasteiger partial charge in [-0.15, -0.1) is 0 Å². The number of carbonyl (C=O) groups is 2. The molecule has 0 radical (unpaired) electrons. The van der Waals surface area contributed by atoms with Gasteiger partial charge in [0.15, 0.2) is 0 Å². The van der Waals surface area contributed by atoms with Gasteiger partial charge in [-0.2, -0.15) is 0 Å². The molecule has 1 saturated heterocycles. The van der Waals surface area contributed by atoms with Gasteiger partial charge in [0.25, 0.3) is 0 Å². The Morgan fingerprint density at radius 3 is 2.60 bits per heavy atom. The zero-order valence-electron chi connectivity index (χ0n) is 12.9. The molecule has 1 fully saturated rings. The first-order valence-corrected chi connectivity index (χ1v) is 7.11. The number of hydrogen-bond acceptors (Lipinski definition) is 3. The van der Waals surface area contributed by atoms with E-state index >= 15 is 0 Å². The van der Waals surface area contributed by atoms with E-state index in [1.165, 1.54) is 4.90 Å². The number of likely N-dealkylation sites (tertiary alicyclic amines) is 1. The lowest BCUT2D eigenvalue weighted by molar-refractivity contribution is -0.147. The van der Waals surface area contributed by atoms with Gasteiger partial charge in [0.2, 0.25) is 0 Å². The molecule has 6 nitrogen and oxygen atoms in total. The first-order valence-electron chi connectivity index (χ1n) is 7.11. The molecule has 1 unspecified atom stereocenters. The Morgan fingerprint density at radius 1 is 1.45 bits per heavy atom. The number of carboxylic acids is 1. The number of aliphatic carboxylic acids is 1.